The average molecular weight is 526 g/mol. The number of aliphatic hydroxyl groups excluding tert-OH is 1. The zero-order valence-electron chi connectivity index (χ0n) is 23.3. The van der Waals surface area contributed by atoms with Gasteiger partial charge in [-0.05, 0) is 101 Å². The molecule has 0 aliphatic rings. The van der Waals surface area contributed by atoms with E-state index in [1.54, 1.807) is 7.11 Å². The van der Waals surface area contributed by atoms with Crippen molar-refractivity contribution >= 4 is 23.6 Å². The van der Waals surface area contributed by atoms with Gasteiger partial charge in [-0.25, -0.2) is 0 Å². The molecule has 0 aromatic heterocycles. The number of nitrogens with one attached hydrogen (secondary N) is 1. The molecule has 0 saturated heterocycles. The molecule has 2 N–H and O–H groups in total. The van der Waals surface area contributed by atoms with Crippen LogP contribution in [-0.2, 0) is 20.7 Å². The molecule has 208 valence electrons. The summed E-state index contributed by atoms with van der Waals surface area (Å²) in [5, 5.41) is 11.8. The Kier molecular flexibility index (Phi) is 13.4. The Labute approximate surface area is 227 Å². The SMILES string of the molecule is COc1ccc(C=CCCCCOc2ccc(NC(=O)CCCCO)cc2CCC(=O)OC(C)(C)C)cc1. The van der Waals surface area contributed by atoms with Gasteiger partial charge < -0.3 is 24.6 Å². The number of rotatable bonds is 16. The summed E-state index contributed by atoms with van der Waals surface area (Å²) in [5.41, 5.74) is 2.11. The van der Waals surface area contributed by atoms with Crippen molar-refractivity contribution in [3.8, 4) is 11.5 Å². The smallest absolute Gasteiger partial charge is 0.306 e. The van der Waals surface area contributed by atoms with Crippen LogP contribution in [-0.4, -0.2) is 42.9 Å². The third-order valence-electron chi connectivity index (χ3n) is 5.62. The molecule has 7 nitrogen and oxygen atoms in total. The molecule has 2 aromatic rings. The van der Waals surface area contributed by atoms with E-state index in [0.717, 1.165) is 36.1 Å². The van der Waals surface area contributed by atoms with Gasteiger partial charge in [0.2, 0.25) is 5.91 Å². The van der Waals surface area contributed by atoms with E-state index < -0.39 is 5.60 Å². The van der Waals surface area contributed by atoms with E-state index >= 15 is 0 Å². The van der Waals surface area contributed by atoms with Crippen LogP contribution in [0.2, 0.25) is 0 Å². The lowest BCUT2D eigenvalue weighted by molar-refractivity contribution is -0.154. The van der Waals surface area contributed by atoms with Crippen LogP contribution in [0.15, 0.2) is 48.5 Å². The normalized spacial score (nSPS) is 11.4. The average Bonchev–Trinajstić information content (AvgIpc) is 2.87. The van der Waals surface area contributed by atoms with E-state index in [1.807, 2.05) is 63.2 Å². The topological polar surface area (TPSA) is 94.1 Å². The fourth-order valence-electron chi connectivity index (χ4n) is 3.72. The lowest BCUT2D eigenvalue weighted by Gasteiger charge is -2.20. The summed E-state index contributed by atoms with van der Waals surface area (Å²) < 4.78 is 16.7. The number of hydrogen-bond acceptors (Lipinski definition) is 6. The minimum absolute atomic E-state index is 0.0765. The third kappa shape index (κ3) is 12.8. The molecule has 0 heterocycles. The number of anilines is 1. The molecule has 0 aliphatic carbocycles. The number of hydrogen-bond donors (Lipinski definition) is 2. The van der Waals surface area contributed by atoms with Crippen LogP contribution in [0.5, 0.6) is 11.5 Å². The first-order valence-corrected chi connectivity index (χ1v) is 13.4. The lowest BCUT2D eigenvalue weighted by atomic mass is 10.1. The number of methoxy groups -OCH3 is 1. The molecule has 0 atom stereocenters. The van der Waals surface area contributed by atoms with Crippen molar-refractivity contribution in [1.29, 1.82) is 0 Å². The molecule has 0 spiro atoms. The molecule has 2 rings (SSSR count). The molecule has 0 bridgehead atoms. The Balaban J connectivity index is 1.90. The summed E-state index contributed by atoms with van der Waals surface area (Å²) in [6, 6.07) is 13.5. The van der Waals surface area contributed by atoms with Crippen LogP contribution in [0, 0.1) is 0 Å². The maximum Gasteiger partial charge on any atom is 0.306 e. The second kappa shape index (κ2) is 16.5. The highest BCUT2D eigenvalue weighted by atomic mass is 16.6. The molecule has 0 aliphatic heterocycles. The molecule has 0 saturated carbocycles. The Hall–Kier alpha value is -3.32. The zero-order chi connectivity index (χ0) is 27.8. The second-order valence-corrected chi connectivity index (χ2v) is 10.2. The fraction of sp³-hybridized carbons (Fsp3) is 0.484. The number of benzene rings is 2. The standard InChI is InChI=1S/C31H43NO6/c1-31(2,3)38-30(35)20-15-25-23-26(32-29(34)12-8-9-21-33)16-19-28(25)37-22-10-6-5-7-11-24-13-17-27(36-4)18-14-24/h7,11,13-14,16-19,23,33H,5-6,8-10,12,15,20-22H2,1-4H3,(H,32,34). The van der Waals surface area contributed by atoms with Gasteiger partial charge in [-0.1, -0.05) is 24.3 Å². The maximum absolute atomic E-state index is 12.3. The number of ether oxygens (including phenoxy) is 3. The summed E-state index contributed by atoms with van der Waals surface area (Å²) in [4.78, 5) is 24.5. The molecule has 0 unspecified atom stereocenters. The zero-order valence-corrected chi connectivity index (χ0v) is 23.3. The summed E-state index contributed by atoms with van der Waals surface area (Å²) in [7, 11) is 1.66. The van der Waals surface area contributed by atoms with Crippen molar-refractivity contribution in [3.05, 3.63) is 59.7 Å². The molecular formula is C31H43NO6. The highest BCUT2D eigenvalue weighted by Gasteiger charge is 2.17. The van der Waals surface area contributed by atoms with Gasteiger partial charge in [0.05, 0.1) is 13.7 Å². The molecule has 2 aromatic carbocycles. The Morgan fingerprint density at radius 1 is 0.974 bits per heavy atom. The van der Waals surface area contributed by atoms with Crippen LogP contribution < -0.4 is 14.8 Å². The second-order valence-electron chi connectivity index (χ2n) is 10.2. The monoisotopic (exact) mass is 525 g/mol. The fourth-order valence-corrected chi connectivity index (χ4v) is 3.72. The third-order valence-corrected chi connectivity index (χ3v) is 5.62. The predicted octanol–water partition coefficient (Wildman–Crippen LogP) is 6.33. The predicted molar refractivity (Wildman–Crippen MR) is 152 cm³/mol. The van der Waals surface area contributed by atoms with Crippen molar-refractivity contribution < 1.29 is 28.9 Å². The number of aliphatic hydroxyl groups is 1. The van der Waals surface area contributed by atoms with E-state index in [1.165, 1.54) is 0 Å². The number of carbonyl (C=O) groups is 2. The van der Waals surface area contributed by atoms with Crippen molar-refractivity contribution in [1.82, 2.24) is 0 Å². The molecule has 1 amide bonds. The molecular weight excluding hydrogens is 482 g/mol. The summed E-state index contributed by atoms with van der Waals surface area (Å²) in [5.74, 6) is 1.18. The quantitative estimate of drug-likeness (QED) is 0.196. The van der Waals surface area contributed by atoms with Gasteiger partial charge in [0.15, 0.2) is 0 Å². The van der Waals surface area contributed by atoms with Gasteiger partial charge in [-0.15, -0.1) is 0 Å². The van der Waals surface area contributed by atoms with E-state index in [2.05, 4.69) is 17.5 Å². The van der Waals surface area contributed by atoms with Gasteiger partial charge in [0.25, 0.3) is 0 Å². The number of aryl methyl sites for hydroxylation is 1. The van der Waals surface area contributed by atoms with Gasteiger partial charge in [-0.2, -0.15) is 0 Å². The van der Waals surface area contributed by atoms with Crippen LogP contribution in [0.1, 0.15) is 76.8 Å². The first-order chi connectivity index (χ1) is 18.2. The first kappa shape index (κ1) is 30.9. The number of carbonyl (C=O) groups excluding carboxylic acids is 2. The van der Waals surface area contributed by atoms with Crippen molar-refractivity contribution in [2.45, 2.75) is 77.7 Å². The van der Waals surface area contributed by atoms with E-state index in [-0.39, 0.29) is 24.9 Å². The minimum Gasteiger partial charge on any atom is -0.497 e. The molecule has 0 radical (unpaired) electrons. The maximum atomic E-state index is 12.3. The summed E-state index contributed by atoms with van der Waals surface area (Å²) in [6.45, 7) is 6.17. The first-order valence-electron chi connectivity index (χ1n) is 13.4. The largest absolute Gasteiger partial charge is 0.497 e. The summed E-state index contributed by atoms with van der Waals surface area (Å²) in [6.07, 6.45) is 9.33. The van der Waals surface area contributed by atoms with E-state index in [0.29, 0.717) is 43.7 Å². The van der Waals surface area contributed by atoms with Gasteiger partial charge >= 0.3 is 5.97 Å². The Morgan fingerprint density at radius 2 is 1.74 bits per heavy atom. The van der Waals surface area contributed by atoms with Gasteiger partial charge in [0, 0.05) is 25.1 Å². The number of unbranched alkanes of at least 4 members (excludes halogenated alkanes) is 3. The summed E-state index contributed by atoms with van der Waals surface area (Å²) >= 11 is 0. The number of allylic oxidation sites excluding steroid dienone is 1. The van der Waals surface area contributed by atoms with Crippen molar-refractivity contribution in [2.75, 3.05) is 25.6 Å². The molecule has 38 heavy (non-hydrogen) atoms. The Morgan fingerprint density at radius 3 is 2.42 bits per heavy atom. The lowest BCUT2D eigenvalue weighted by Crippen LogP contribution is -2.24. The van der Waals surface area contributed by atoms with Crippen molar-refractivity contribution in [3.63, 3.8) is 0 Å². The van der Waals surface area contributed by atoms with E-state index in [4.69, 9.17) is 19.3 Å². The van der Waals surface area contributed by atoms with Crippen molar-refractivity contribution in [2.24, 2.45) is 0 Å². The van der Waals surface area contributed by atoms with Crippen LogP contribution in [0.4, 0.5) is 5.69 Å². The minimum atomic E-state index is -0.539. The van der Waals surface area contributed by atoms with Crippen LogP contribution in [0.3, 0.4) is 0 Å². The Bertz CT molecular complexity index is 1020. The van der Waals surface area contributed by atoms with E-state index in [9.17, 15) is 9.59 Å². The number of esters is 1. The van der Waals surface area contributed by atoms with Crippen LogP contribution >= 0.6 is 0 Å². The van der Waals surface area contributed by atoms with Crippen LogP contribution in [0.25, 0.3) is 6.08 Å². The molecule has 0 fully saturated rings. The highest BCUT2D eigenvalue weighted by molar-refractivity contribution is 5.90. The molecule has 7 heteroatoms. The van der Waals surface area contributed by atoms with Gasteiger partial charge in [-0.3, -0.25) is 9.59 Å². The number of amides is 1. The highest BCUT2D eigenvalue weighted by Crippen LogP contribution is 2.26. The van der Waals surface area contributed by atoms with Gasteiger partial charge in [0.1, 0.15) is 17.1 Å².